The maximum Gasteiger partial charge on any atom is 0.203 e. The Morgan fingerprint density at radius 2 is 1.58 bits per heavy atom. The summed E-state index contributed by atoms with van der Waals surface area (Å²) in [6.45, 7) is 1.75. The van der Waals surface area contributed by atoms with Gasteiger partial charge in [-0.2, -0.15) is 9.61 Å². The van der Waals surface area contributed by atoms with Gasteiger partial charge in [0, 0.05) is 11.1 Å². The highest BCUT2D eigenvalue weighted by Gasteiger charge is 2.20. The normalized spacial score (nSPS) is 11.0. The maximum absolute atomic E-state index is 13.8. The molecule has 0 saturated carbocycles. The first-order chi connectivity index (χ1) is 14.9. The molecule has 7 nitrogen and oxygen atoms in total. The summed E-state index contributed by atoms with van der Waals surface area (Å²) in [4.78, 5) is 4.65. The second-order valence-electron chi connectivity index (χ2n) is 6.79. The lowest BCUT2D eigenvalue weighted by Crippen LogP contribution is -2.06. The van der Waals surface area contributed by atoms with E-state index in [1.54, 1.807) is 25.3 Å². The minimum atomic E-state index is -0.963. The summed E-state index contributed by atoms with van der Waals surface area (Å²) in [7, 11) is 4.60. The van der Waals surface area contributed by atoms with E-state index in [9.17, 15) is 8.78 Å². The molecule has 0 unspecified atom stereocenters. The summed E-state index contributed by atoms with van der Waals surface area (Å²) < 4.78 is 44.8. The molecule has 0 aliphatic heterocycles. The first-order valence-electron chi connectivity index (χ1n) is 9.29. The average molecular weight is 426 g/mol. The number of fused-ring (bicyclic) bond motifs is 1. The predicted octanol–water partition coefficient (Wildman–Crippen LogP) is 4.26. The molecule has 2 aromatic carbocycles. The maximum atomic E-state index is 13.8. The highest BCUT2D eigenvalue weighted by Crippen LogP contribution is 2.42. The summed E-state index contributed by atoms with van der Waals surface area (Å²) >= 11 is 0. The van der Waals surface area contributed by atoms with Crippen LogP contribution in [0.1, 0.15) is 5.69 Å². The number of ether oxygens (including phenoxy) is 3. The van der Waals surface area contributed by atoms with Crippen LogP contribution in [-0.4, -0.2) is 35.9 Å². The van der Waals surface area contributed by atoms with E-state index >= 15 is 0 Å². The number of benzene rings is 2. The van der Waals surface area contributed by atoms with Crippen LogP contribution in [0, 0.1) is 18.6 Å². The first-order valence-corrected chi connectivity index (χ1v) is 9.29. The monoisotopic (exact) mass is 426 g/mol. The van der Waals surface area contributed by atoms with Crippen LogP contribution in [0.5, 0.6) is 17.2 Å². The van der Waals surface area contributed by atoms with Crippen molar-refractivity contribution in [3.8, 4) is 39.5 Å². The number of nitrogen functional groups attached to an aromatic ring is 1. The van der Waals surface area contributed by atoms with Gasteiger partial charge in [0.05, 0.1) is 33.2 Å². The molecule has 0 atom stereocenters. The zero-order chi connectivity index (χ0) is 22.3. The van der Waals surface area contributed by atoms with E-state index in [-0.39, 0.29) is 5.82 Å². The average Bonchev–Trinajstić information content (AvgIpc) is 3.19. The molecule has 160 valence electrons. The third-order valence-corrected chi connectivity index (χ3v) is 5.05. The van der Waals surface area contributed by atoms with E-state index in [4.69, 9.17) is 19.9 Å². The van der Waals surface area contributed by atoms with Gasteiger partial charge in [-0.1, -0.05) is 6.07 Å². The van der Waals surface area contributed by atoms with Gasteiger partial charge in [0.2, 0.25) is 5.75 Å². The number of aromatic nitrogens is 3. The molecular formula is C22H20F2N4O3. The number of rotatable bonds is 5. The molecule has 0 saturated heterocycles. The highest BCUT2D eigenvalue weighted by molar-refractivity contribution is 5.85. The summed E-state index contributed by atoms with van der Waals surface area (Å²) in [6, 6.07) is 7.17. The van der Waals surface area contributed by atoms with Crippen molar-refractivity contribution in [1.29, 1.82) is 0 Å². The lowest BCUT2D eigenvalue weighted by molar-refractivity contribution is 0.324. The van der Waals surface area contributed by atoms with Crippen LogP contribution in [-0.2, 0) is 0 Å². The Hall–Kier alpha value is -3.88. The fourth-order valence-corrected chi connectivity index (χ4v) is 3.58. The van der Waals surface area contributed by atoms with Gasteiger partial charge in [-0.3, -0.25) is 0 Å². The van der Waals surface area contributed by atoms with Crippen LogP contribution in [0.15, 0.2) is 36.5 Å². The Morgan fingerprint density at radius 3 is 2.16 bits per heavy atom. The standard InChI is InChI=1S/C22H20F2N4O3/c1-11-19(12-5-6-15(23)16(24)7-12)21(25)28-22(27-11)14(10-26-28)13-8-17(29-2)20(31-4)18(9-13)30-3/h5-10H,25H2,1-4H3. The number of anilines is 1. The Balaban J connectivity index is 1.92. The van der Waals surface area contributed by atoms with Crippen LogP contribution in [0.3, 0.4) is 0 Å². The molecule has 4 aromatic rings. The molecule has 0 amide bonds. The highest BCUT2D eigenvalue weighted by atomic mass is 19.2. The molecule has 9 heteroatoms. The molecule has 0 spiro atoms. The number of methoxy groups -OCH3 is 3. The minimum Gasteiger partial charge on any atom is -0.493 e. The molecule has 2 aromatic heterocycles. The van der Waals surface area contributed by atoms with Crippen LogP contribution in [0.2, 0.25) is 0 Å². The summed E-state index contributed by atoms with van der Waals surface area (Å²) in [5.41, 5.74) is 9.71. The summed E-state index contributed by atoms with van der Waals surface area (Å²) in [5, 5.41) is 4.36. The Bertz CT molecular complexity index is 1280. The topological polar surface area (TPSA) is 83.9 Å². The van der Waals surface area contributed by atoms with Crippen LogP contribution >= 0.6 is 0 Å². The predicted molar refractivity (Wildman–Crippen MR) is 113 cm³/mol. The van der Waals surface area contributed by atoms with Gasteiger partial charge in [0.15, 0.2) is 28.8 Å². The zero-order valence-electron chi connectivity index (χ0n) is 17.4. The van der Waals surface area contributed by atoms with E-state index in [1.165, 1.54) is 31.9 Å². The Kier molecular flexibility index (Phi) is 5.10. The second-order valence-corrected chi connectivity index (χ2v) is 6.79. The SMILES string of the molecule is COc1cc(-c2cnn3c(N)c(-c4ccc(F)c(F)c4)c(C)nc23)cc(OC)c1OC. The lowest BCUT2D eigenvalue weighted by atomic mass is 10.0. The fraction of sp³-hybridized carbons (Fsp3) is 0.182. The van der Waals surface area contributed by atoms with Gasteiger partial charge < -0.3 is 19.9 Å². The second kappa shape index (κ2) is 7.75. The van der Waals surface area contributed by atoms with Crippen molar-refractivity contribution < 1.29 is 23.0 Å². The quantitative estimate of drug-likeness (QED) is 0.513. The summed E-state index contributed by atoms with van der Waals surface area (Å²) in [5.74, 6) is -0.201. The molecule has 0 bridgehead atoms. The largest absolute Gasteiger partial charge is 0.493 e. The van der Waals surface area contributed by atoms with Crippen LogP contribution in [0.4, 0.5) is 14.6 Å². The van der Waals surface area contributed by atoms with Gasteiger partial charge in [0.1, 0.15) is 5.82 Å². The molecule has 2 N–H and O–H groups in total. The number of hydrogen-bond acceptors (Lipinski definition) is 6. The van der Waals surface area contributed by atoms with E-state index < -0.39 is 11.6 Å². The summed E-state index contributed by atoms with van der Waals surface area (Å²) in [6.07, 6.45) is 1.62. The number of nitrogens with zero attached hydrogens (tertiary/aromatic N) is 3. The van der Waals surface area contributed by atoms with E-state index in [0.29, 0.717) is 45.3 Å². The third-order valence-electron chi connectivity index (χ3n) is 5.05. The van der Waals surface area contributed by atoms with Crippen molar-refractivity contribution in [2.75, 3.05) is 27.1 Å². The molecule has 0 fully saturated rings. The molecule has 0 radical (unpaired) electrons. The van der Waals surface area contributed by atoms with Crippen molar-refractivity contribution in [1.82, 2.24) is 14.6 Å². The van der Waals surface area contributed by atoms with Gasteiger partial charge in [0.25, 0.3) is 0 Å². The smallest absolute Gasteiger partial charge is 0.203 e. The molecule has 4 rings (SSSR count). The third kappa shape index (κ3) is 3.27. The number of halogens is 2. The molecular weight excluding hydrogens is 406 g/mol. The molecule has 31 heavy (non-hydrogen) atoms. The lowest BCUT2D eigenvalue weighted by Gasteiger charge is -2.14. The molecule has 0 aliphatic carbocycles. The minimum absolute atomic E-state index is 0.257. The number of hydrogen-bond donors (Lipinski definition) is 1. The van der Waals surface area contributed by atoms with Crippen molar-refractivity contribution in [2.24, 2.45) is 0 Å². The fourth-order valence-electron chi connectivity index (χ4n) is 3.58. The van der Waals surface area contributed by atoms with E-state index in [0.717, 1.165) is 17.7 Å². The van der Waals surface area contributed by atoms with Gasteiger partial charge >= 0.3 is 0 Å². The zero-order valence-corrected chi connectivity index (χ0v) is 17.4. The van der Waals surface area contributed by atoms with Crippen LogP contribution in [0.25, 0.3) is 27.9 Å². The van der Waals surface area contributed by atoms with E-state index in [2.05, 4.69) is 10.1 Å². The Labute approximate surface area is 177 Å². The first kappa shape index (κ1) is 20.4. The van der Waals surface area contributed by atoms with Crippen molar-refractivity contribution >= 4 is 11.5 Å². The molecule has 0 aliphatic rings. The van der Waals surface area contributed by atoms with Crippen molar-refractivity contribution in [3.63, 3.8) is 0 Å². The van der Waals surface area contributed by atoms with Gasteiger partial charge in [-0.15, -0.1) is 0 Å². The van der Waals surface area contributed by atoms with Crippen LogP contribution < -0.4 is 19.9 Å². The number of aryl methyl sites for hydroxylation is 1. The van der Waals surface area contributed by atoms with Crippen molar-refractivity contribution in [3.05, 3.63) is 53.9 Å². The van der Waals surface area contributed by atoms with Crippen molar-refractivity contribution in [2.45, 2.75) is 6.92 Å². The van der Waals surface area contributed by atoms with E-state index in [1.807, 2.05) is 0 Å². The van der Waals surface area contributed by atoms with Gasteiger partial charge in [-0.05, 0) is 42.3 Å². The van der Waals surface area contributed by atoms with Gasteiger partial charge in [-0.25, -0.2) is 13.8 Å². The molecule has 2 heterocycles. The Morgan fingerprint density at radius 1 is 0.903 bits per heavy atom. The number of nitrogens with two attached hydrogens (primary N) is 1.